The molecule has 0 unspecified atom stereocenters. The number of rotatable bonds is 7. The van der Waals surface area contributed by atoms with Gasteiger partial charge < -0.3 is 19.3 Å². The lowest BCUT2D eigenvalue weighted by molar-refractivity contribution is -0.118. The first kappa shape index (κ1) is 20.2. The first-order valence-corrected chi connectivity index (χ1v) is 9.69. The normalized spacial score (nSPS) is 10.5. The average Bonchev–Trinajstić information content (AvgIpc) is 3.29. The van der Waals surface area contributed by atoms with E-state index in [2.05, 4.69) is 15.5 Å². The summed E-state index contributed by atoms with van der Waals surface area (Å²) in [4.78, 5) is 16.9. The van der Waals surface area contributed by atoms with Crippen molar-refractivity contribution in [3.63, 3.8) is 0 Å². The van der Waals surface area contributed by atoms with Gasteiger partial charge >= 0.3 is 0 Å². The van der Waals surface area contributed by atoms with E-state index >= 15 is 0 Å². The lowest BCUT2D eigenvalue weighted by Crippen LogP contribution is -2.20. The van der Waals surface area contributed by atoms with Crippen molar-refractivity contribution in [2.24, 2.45) is 0 Å². The Morgan fingerprint density at radius 3 is 2.42 bits per heavy atom. The summed E-state index contributed by atoms with van der Waals surface area (Å²) < 4.78 is 16.2. The third-order valence-corrected chi connectivity index (χ3v) is 4.60. The third-order valence-electron chi connectivity index (χ3n) is 4.60. The lowest BCUT2D eigenvalue weighted by atomic mass is 10.1. The molecule has 0 aliphatic carbocycles. The van der Waals surface area contributed by atoms with Gasteiger partial charge in [0.15, 0.2) is 6.61 Å². The Balaban J connectivity index is 1.47. The van der Waals surface area contributed by atoms with Gasteiger partial charge in [-0.25, -0.2) is 0 Å². The van der Waals surface area contributed by atoms with Gasteiger partial charge in [-0.05, 0) is 55.5 Å². The standard InChI is InChI=1S/C24H21N3O4/c1-16-7-11-19(12-8-16)30-15-22(28)25-21-6-4-3-5-20(21)24-26-23(27-31-24)17-9-13-18(29-2)14-10-17/h3-14H,15H2,1-2H3,(H,25,28). The van der Waals surface area contributed by atoms with Crippen LogP contribution in [0.5, 0.6) is 11.5 Å². The summed E-state index contributed by atoms with van der Waals surface area (Å²) in [6, 6.07) is 22.1. The van der Waals surface area contributed by atoms with Gasteiger partial charge in [0.2, 0.25) is 5.82 Å². The monoisotopic (exact) mass is 415 g/mol. The quantitative estimate of drug-likeness (QED) is 0.469. The Labute approximate surface area is 179 Å². The summed E-state index contributed by atoms with van der Waals surface area (Å²) in [5.41, 5.74) is 3.10. The Morgan fingerprint density at radius 2 is 1.68 bits per heavy atom. The third kappa shape index (κ3) is 4.90. The topological polar surface area (TPSA) is 86.5 Å². The summed E-state index contributed by atoms with van der Waals surface area (Å²) in [7, 11) is 1.61. The van der Waals surface area contributed by atoms with Gasteiger partial charge in [0.25, 0.3) is 11.8 Å². The number of carbonyl (C=O) groups is 1. The molecule has 0 saturated heterocycles. The van der Waals surface area contributed by atoms with Gasteiger partial charge in [-0.3, -0.25) is 4.79 Å². The Kier molecular flexibility index (Phi) is 5.93. The molecule has 31 heavy (non-hydrogen) atoms. The van der Waals surface area contributed by atoms with Crippen molar-refractivity contribution in [1.82, 2.24) is 10.1 Å². The fourth-order valence-corrected chi connectivity index (χ4v) is 2.94. The molecule has 1 N–H and O–H groups in total. The van der Waals surface area contributed by atoms with E-state index in [1.807, 2.05) is 73.7 Å². The van der Waals surface area contributed by atoms with E-state index in [-0.39, 0.29) is 12.5 Å². The first-order chi connectivity index (χ1) is 15.1. The minimum Gasteiger partial charge on any atom is -0.497 e. The Morgan fingerprint density at radius 1 is 0.968 bits per heavy atom. The molecule has 4 aromatic rings. The highest BCUT2D eigenvalue weighted by atomic mass is 16.5. The van der Waals surface area contributed by atoms with Crippen LogP contribution in [0.2, 0.25) is 0 Å². The van der Waals surface area contributed by atoms with E-state index in [1.165, 1.54) is 0 Å². The summed E-state index contributed by atoms with van der Waals surface area (Å²) in [5.74, 6) is 1.84. The fraction of sp³-hybridized carbons (Fsp3) is 0.125. The zero-order chi connectivity index (χ0) is 21.6. The highest BCUT2D eigenvalue weighted by Gasteiger charge is 2.15. The molecule has 7 nitrogen and oxygen atoms in total. The van der Waals surface area contributed by atoms with Gasteiger partial charge in [0.05, 0.1) is 18.4 Å². The maximum Gasteiger partial charge on any atom is 0.262 e. The molecule has 156 valence electrons. The Hall–Kier alpha value is -4.13. The maximum absolute atomic E-state index is 12.4. The van der Waals surface area contributed by atoms with Crippen LogP contribution in [-0.4, -0.2) is 29.8 Å². The van der Waals surface area contributed by atoms with Gasteiger partial charge in [-0.1, -0.05) is 35.0 Å². The average molecular weight is 415 g/mol. The number of hydrogen-bond acceptors (Lipinski definition) is 6. The minimum absolute atomic E-state index is 0.113. The molecule has 0 aliphatic rings. The lowest BCUT2D eigenvalue weighted by Gasteiger charge is -2.10. The predicted octanol–water partition coefficient (Wildman–Crippen LogP) is 4.74. The van der Waals surface area contributed by atoms with E-state index in [4.69, 9.17) is 14.0 Å². The molecule has 0 atom stereocenters. The number of benzene rings is 3. The molecule has 0 spiro atoms. The molecule has 0 saturated carbocycles. The van der Waals surface area contributed by atoms with Gasteiger partial charge in [-0.2, -0.15) is 4.98 Å². The van der Waals surface area contributed by atoms with Crippen molar-refractivity contribution in [1.29, 1.82) is 0 Å². The van der Waals surface area contributed by atoms with E-state index in [0.717, 1.165) is 16.9 Å². The van der Waals surface area contributed by atoms with Crippen molar-refractivity contribution < 1.29 is 18.8 Å². The summed E-state index contributed by atoms with van der Waals surface area (Å²) >= 11 is 0. The number of ether oxygens (including phenoxy) is 2. The maximum atomic E-state index is 12.4. The van der Waals surface area contributed by atoms with Gasteiger partial charge in [0, 0.05) is 5.56 Å². The second kappa shape index (κ2) is 9.13. The number of aromatic nitrogens is 2. The van der Waals surface area contributed by atoms with Crippen LogP contribution in [0.25, 0.3) is 22.8 Å². The molecule has 0 radical (unpaired) electrons. The zero-order valence-corrected chi connectivity index (χ0v) is 17.2. The van der Waals surface area contributed by atoms with E-state index in [9.17, 15) is 4.79 Å². The number of nitrogens with zero attached hydrogens (tertiary/aromatic N) is 2. The SMILES string of the molecule is COc1ccc(-c2noc(-c3ccccc3NC(=O)COc3ccc(C)cc3)n2)cc1. The second-order valence-corrected chi connectivity index (χ2v) is 6.85. The Bertz CT molecular complexity index is 1170. The molecule has 0 bridgehead atoms. The number of anilines is 1. The van der Waals surface area contributed by atoms with Gasteiger partial charge in [-0.15, -0.1) is 0 Å². The molecule has 0 fully saturated rings. The molecular weight excluding hydrogens is 394 g/mol. The van der Waals surface area contributed by atoms with Crippen LogP contribution in [0.3, 0.4) is 0 Å². The van der Waals surface area contributed by atoms with Crippen molar-refractivity contribution in [2.45, 2.75) is 6.92 Å². The molecule has 1 aromatic heterocycles. The van der Waals surface area contributed by atoms with Crippen molar-refractivity contribution >= 4 is 11.6 Å². The van der Waals surface area contributed by atoms with Crippen LogP contribution in [0.4, 0.5) is 5.69 Å². The molecule has 7 heteroatoms. The fourth-order valence-electron chi connectivity index (χ4n) is 2.94. The number of carbonyl (C=O) groups excluding carboxylic acids is 1. The summed E-state index contributed by atoms with van der Waals surface area (Å²) in [5, 5.41) is 6.90. The number of nitrogens with one attached hydrogen (secondary N) is 1. The highest BCUT2D eigenvalue weighted by Crippen LogP contribution is 2.29. The van der Waals surface area contributed by atoms with E-state index in [0.29, 0.717) is 28.7 Å². The number of para-hydroxylation sites is 1. The number of methoxy groups -OCH3 is 1. The zero-order valence-electron chi connectivity index (χ0n) is 17.2. The molecule has 3 aromatic carbocycles. The molecule has 4 rings (SSSR count). The minimum atomic E-state index is -0.289. The van der Waals surface area contributed by atoms with Crippen LogP contribution in [-0.2, 0) is 4.79 Å². The van der Waals surface area contributed by atoms with Crippen LogP contribution in [0.15, 0.2) is 77.3 Å². The summed E-state index contributed by atoms with van der Waals surface area (Å²) in [6.07, 6.45) is 0. The second-order valence-electron chi connectivity index (χ2n) is 6.85. The van der Waals surface area contributed by atoms with Crippen LogP contribution in [0, 0.1) is 6.92 Å². The van der Waals surface area contributed by atoms with E-state index < -0.39 is 0 Å². The molecule has 1 heterocycles. The first-order valence-electron chi connectivity index (χ1n) is 9.69. The molecular formula is C24H21N3O4. The highest BCUT2D eigenvalue weighted by molar-refractivity contribution is 5.95. The van der Waals surface area contributed by atoms with Crippen LogP contribution in [0.1, 0.15) is 5.56 Å². The van der Waals surface area contributed by atoms with Gasteiger partial charge in [0.1, 0.15) is 11.5 Å². The smallest absolute Gasteiger partial charge is 0.262 e. The number of hydrogen-bond donors (Lipinski definition) is 1. The predicted molar refractivity (Wildman–Crippen MR) is 117 cm³/mol. The largest absolute Gasteiger partial charge is 0.497 e. The van der Waals surface area contributed by atoms with Crippen LogP contribution < -0.4 is 14.8 Å². The van der Waals surface area contributed by atoms with Crippen molar-refractivity contribution in [3.8, 4) is 34.3 Å². The van der Waals surface area contributed by atoms with E-state index in [1.54, 1.807) is 13.2 Å². The van der Waals surface area contributed by atoms with Crippen molar-refractivity contribution in [2.75, 3.05) is 19.0 Å². The summed E-state index contributed by atoms with van der Waals surface area (Å²) in [6.45, 7) is 1.88. The molecule has 0 aliphatic heterocycles. The number of amides is 1. The van der Waals surface area contributed by atoms with Crippen molar-refractivity contribution in [3.05, 3.63) is 78.4 Å². The molecule has 1 amide bonds. The van der Waals surface area contributed by atoms with Crippen LogP contribution >= 0.6 is 0 Å². The number of aryl methyl sites for hydroxylation is 1.